The third-order valence-corrected chi connectivity index (χ3v) is 11.3. The van der Waals surface area contributed by atoms with E-state index < -0.39 is 26.5 Å². The normalized spacial score (nSPS) is 13.9. The zero-order valence-electron chi connectivity index (χ0n) is 39.4. The van der Waals surface area contributed by atoms with E-state index in [-0.39, 0.29) is 32.0 Å². The number of nitrogens with zero attached hydrogens (tertiary/aromatic N) is 1. The molecule has 60 heavy (non-hydrogen) atoms. The minimum Gasteiger partial charge on any atom is -0.756 e. The summed E-state index contributed by atoms with van der Waals surface area (Å²) < 4.78 is 34.0. The molecule has 0 N–H and O–H groups in total. The van der Waals surface area contributed by atoms with Crippen LogP contribution >= 0.6 is 7.82 Å². The van der Waals surface area contributed by atoms with Gasteiger partial charge < -0.3 is 27.9 Å². The van der Waals surface area contributed by atoms with E-state index in [4.69, 9.17) is 18.5 Å². The van der Waals surface area contributed by atoms with Crippen molar-refractivity contribution in [1.29, 1.82) is 0 Å². The van der Waals surface area contributed by atoms with Crippen molar-refractivity contribution >= 4 is 19.8 Å². The fourth-order valence-corrected chi connectivity index (χ4v) is 7.32. The monoisotopic (exact) mass is 866 g/mol. The van der Waals surface area contributed by atoms with Crippen LogP contribution in [0, 0.1) is 0 Å². The van der Waals surface area contributed by atoms with E-state index in [0.29, 0.717) is 17.4 Å². The smallest absolute Gasteiger partial charge is 0.306 e. The van der Waals surface area contributed by atoms with Crippen molar-refractivity contribution in [3.8, 4) is 0 Å². The molecule has 0 bridgehead atoms. The van der Waals surface area contributed by atoms with Crippen molar-refractivity contribution in [2.24, 2.45) is 0 Å². The lowest BCUT2D eigenvalue weighted by Crippen LogP contribution is -2.37. The lowest BCUT2D eigenvalue weighted by Gasteiger charge is -2.28. The minimum absolute atomic E-state index is 0.0342. The van der Waals surface area contributed by atoms with Gasteiger partial charge in [0, 0.05) is 12.8 Å². The van der Waals surface area contributed by atoms with Gasteiger partial charge in [0.05, 0.1) is 27.7 Å². The van der Waals surface area contributed by atoms with Gasteiger partial charge in [-0.15, -0.1) is 0 Å². The van der Waals surface area contributed by atoms with Crippen LogP contribution in [0.5, 0.6) is 0 Å². The molecule has 2 unspecified atom stereocenters. The van der Waals surface area contributed by atoms with Crippen LogP contribution in [-0.2, 0) is 32.7 Å². The Kier molecular flexibility index (Phi) is 40.8. The number of unbranched alkanes of at least 4 members (excludes halogenated alkanes) is 22. The largest absolute Gasteiger partial charge is 0.756 e. The first-order valence-corrected chi connectivity index (χ1v) is 25.8. The molecule has 0 rings (SSSR count). The number of quaternary nitrogens is 1. The third-order valence-electron chi connectivity index (χ3n) is 10.4. The number of hydrogen-bond donors (Lipinski definition) is 0. The van der Waals surface area contributed by atoms with E-state index in [1.165, 1.54) is 89.9 Å². The molecule has 2 atom stereocenters. The molecule has 0 radical (unpaired) electrons. The molecule has 0 aliphatic rings. The average molecular weight is 866 g/mol. The van der Waals surface area contributed by atoms with Gasteiger partial charge in [0.1, 0.15) is 19.8 Å². The van der Waals surface area contributed by atoms with Gasteiger partial charge in [-0.2, -0.15) is 0 Å². The van der Waals surface area contributed by atoms with Gasteiger partial charge in [0.15, 0.2) is 6.10 Å². The number of esters is 2. The van der Waals surface area contributed by atoms with E-state index in [0.717, 1.165) is 83.5 Å². The fourth-order valence-electron chi connectivity index (χ4n) is 6.59. The zero-order chi connectivity index (χ0) is 44.3. The Morgan fingerprint density at radius 2 is 0.950 bits per heavy atom. The summed E-state index contributed by atoms with van der Waals surface area (Å²) in [6.45, 7) is 4.12. The molecule has 0 saturated heterocycles. The average Bonchev–Trinajstić information content (AvgIpc) is 3.20. The Hall–Kier alpha value is -2.03. The molecule has 0 aromatic rings. The molecule has 350 valence electrons. The SMILES string of the molecule is CC/C=C\C/C=C\C/C=C\C/C=C\CCCCCCCCC(=O)OC(COC(=O)CCCCCCCCCCCCCCCCCCC)COP(=O)([O-])OCC[N+](C)(C)C. The summed E-state index contributed by atoms with van der Waals surface area (Å²) in [6.07, 6.45) is 49.9. The predicted octanol–water partition coefficient (Wildman–Crippen LogP) is 13.6. The second-order valence-electron chi connectivity index (χ2n) is 17.5. The second kappa shape index (κ2) is 42.3. The summed E-state index contributed by atoms with van der Waals surface area (Å²) in [5.41, 5.74) is 0. The zero-order valence-corrected chi connectivity index (χ0v) is 40.3. The van der Waals surface area contributed by atoms with Gasteiger partial charge in [-0.3, -0.25) is 14.2 Å². The molecule has 9 nitrogen and oxygen atoms in total. The lowest BCUT2D eigenvalue weighted by atomic mass is 10.0. The van der Waals surface area contributed by atoms with Crippen LogP contribution in [0.4, 0.5) is 0 Å². The van der Waals surface area contributed by atoms with E-state index >= 15 is 0 Å². The number of carbonyl (C=O) groups excluding carboxylic acids is 2. The summed E-state index contributed by atoms with van der Waals surface area (Å²) in [7, 11) is 1.16. The summed E-state index contributed by atoms with van der Waals surface area (Å²) in [5, 5.41) is 0. The highest BCUT2D eigenvalue weighted by Gasteiger charge is 2.21. The van der Waals surface area contributed by atoms with Crippen molar-refractivity contribution in [3.63, 3.8) is 0 Å². The highest BCUT2D eigenvalue weighted by atomic mass is 31.2. The first-order valence-electron chi connectivity index (χ1n) is 24.3. The van der Waals surface area contributed by atoms with Crippen molar-refractivity contribution in [1.82, 2.24) is 0 Å². The molecule has 10 heteroatoms. The maximum absolute atomic E-state index is 12.7. The summed E-state index contributed by atoms with van der Waals surface area (Å²) in [5.74, 6) is -0.845. The topological polar surface area (TPSA) is 111 Å². The minimum atomic E-state index is -4.63. The molecule has 0 fully saturated rings. The van der Waals surface area contributed by atoms with Gasteiger partial charge in [-0.1, -0.05) is 191 Å². The fraction of sp³-hybridized carbons (Fsp3) is 0.800. The Bertz CT molecular complexity index is 1160. The number of hydrogen-bond acceptors (Lipinski definition) is 8. The molecule has 0 saturated carbocycles. The number of phosphoric acid groups is 1. The molecule has 0 aliphatic heterocycles. The van der Waals surface area contributed by atoms with E-state index in [1.807, 2.05) is 21.1 Å². The summed E-state index contributed by atoms with van der Waals surface area (Å²) >= 11 is 0. The molecule has 0 spiro atoms. The van der Waals surface area contributed by atoms with Gasteiger partial charge in [-0.05, 0) is 51.4 Å². The van der Waals surface area contributed by atoms with Crippen LogP contribution in [0.2, 0.25) is 0 Å². The predicted molar refractivity (Wildman–Crippen MR) is 250 cm³/mol. The van der Waals surface area contributed by atoms with Crippen molar-refractivity contribution in [2.75, 3.05) is 47.5 Å². The van der Waals surface area contributed by atoms with Crippen LogP contribution in [-0.4, -0.2) is 70.0 Å². The number of ether oxygens (including phenoxy) is 2. The van der Waals surface area contributed by atoms with Crippen LogP contribution in [0.1, 0.15) is 206 Å². The molecular weight excluding hydrogens is 774 g/mol. The van der Waals surface area contributed by atoms with Gasteiger partial charge in [0.25, 0.3) is 7.82 Å². The van der Waals surface area contributed by atoms with Crippen LogP contribution < -0.4 is 4.89 Å². The highest BCUT2D eigenvalue weighted by molar-refractivity contribution is 7.45. The Morgan fingerprint density at radius 3 is 1.42 bits per heavy atom. The number of carbonyl (C=O) groups is 2. The van der Waals surface area contributed by atoms with Crippen molar-refractivity contribution < 1.29 is 42.1 Å². The van der Waals surface area contributed by atoms with Crippen LogP contribution in [0.15, 0.2) is 48.6 Å². The number of rotatable bonds is 44. The van der Waals surface area contributed by atoms with Crippen molar-refractivity contribution in [3.05, 3.63) is 48.6 Å². The first-order chi connectivity index (χ1) is 29.0. The van der Waals surface area contributed by atoms with Crippen LogP contribution in [0.3, 0.4) is 0 Å². The number of phosphoric ester groups is 1. The Balaban J connectivity index is 4.31. The second-order valence-corrected chi connectivity index (χ2v) is 18.9. The van der Waals surface area contributed by atoms with Gasteiger partial charge >= 0.3 is 11.9 Å². The molecule has 0 amide bonds. The van der Waals surface area contributed by atoms with Gasteiger partial charge in [-0.25, -0.2) is 0 Å². The molecular formula is C50H92NO8P. The maximum atomic E-state index is 12.7. The first kappa shape index (κ1) is 58.0. The number of likely N-dealkylation sites (N-methyl/N-ethyl adjacent to an activating group) is 1. The van der Waals surface area contributed by atoms with E-state index in [1.54, 1.807) is 0 Å². The summed E-state index contributed by atoms with van der Waals surface area (Å²) in [4.78, 5) is 37.7. The third kappa shape index (κ3) is 45.5. The summed E-state index contributed by atoms with van der Waals surface area (Å²) in [6, 6.07) is 0. The quantitative estimate of drug-likeness (QED) is 0.0196. The van der Waals surface area contributed by atoms with Crippen molar-refractivity contribution in [2.45, 2.75) is 213 Å². The lowest BCUT2D eigenvalue weighted by molar-refractivity contribution is -0.870. The molecule has 0 aromatic carbocycles. The standard InChI is InChI=1S/C50H92NO8P/c1-6-8-10-12-14-16-18-20-22-24-25-27-29-31-33-35-37-39-41-43-50(53)59-48(47-58-60(54,55)57-45-44-51(3,4)5)46-56-49(52)42-40-38-36-34-32-30-28-26-23-21-19-17-15-13-11-9-7-2/h8,10,14,16,20,22,25,27,48H,6-7,9,11-13,15,17-19,21,23-24,26,28-47H2,1-5H3/b10-8-,16-14-,22-20-,27-25-. The Labute approximate surface area is 369 Å². The van der Waals surface area contributed by atoms with E-state index in [2.05, 4.69) is 62.5 Å². The Morgan fingerprint density at radius 1 is 0.533 bits per heavy atom. The highest BCUT2D eigenvalue weighted by Crippen LogP contribution is 2.38. The maximum Gasteiger partial charge on any atom is 0.306 e. The number of allylic oxidation sites excluding steroid dienone is 8. The molecule has 0 aliphatic carbocycles. The molecule has 0 aromatic heterocycles. The molecule has 0 heterocycles. The van der Waals surface area contributed by atoms with E-state index in [9.17, 15) is 19.0 Å². The van der Waals surface area contributed by atoms with Gasteiger partial charge in [0.2, 0.25) is 0 Å². The van der Waals surface area contributed by atoms with Crippen LogP contribution in [0.25, 0.3) is 0 Å².